The Morgan fingerprint density at radius 2 is 1.92 bits per heavy atom. The van der Waals surface area contributed by atoms with Crippen molar-refractivity contribution >= 4 is 11.7 Å². The second kappa shape index (κ2) is 14.0. The number of aliphatic hydroxyl groups excluding tert-OH is 1. The Hall–Kier alpha value is -1.80. The fraction of sp³-hybridized carbons (Fsp3) is 0.742. The lowest BCUT2D eigenvalue weighted by Crippen LogP contribution is -2.50. The highest BCUT2D eigenvalue weighted by Crippen LogP contribution is 2.47. The number of carbonyl (C=O) groups excluding carboxylic acids is 2. The minimum Gasteiger partial charge on any atom is -0.389 e. The van der Waals surface area contributed by atoms with Crippen LogP contribution in [0.2, 0.25) is 0 Å². The van der Waals surface area contributed by atoms with Crippen LogP contribution in [0.25, 0.3) is 0 Å². The first kappa shape index (κ1) is 30.7. The van der Waals surface area contributed by atoms with Gasteiger partial charge < -0.3 is 24.6 Å². The van der Waals surface area contributed by atoms with Crippen LogP contribution in [-0.4, -0.2) is 65.6 Å². The average molecular weight is 532 g/mol. The zero-order chi connectivity index (χ0) is 27.9. The first-order valence-electron chi connectivity index (χ1n) is 14.5. The molecule has 0 aromatic heterocycles. The summed E-state index contributed by atoms with van der Waals surface area (Å²) in [7, 11) is 0. The molecule has 3 saturated heterocycles. The van der Waals surface area contributed by atoms with Gasteiger partial charge in [0.1, 0.15) is 5.78 Å². The number of hydrogen-bond acceptors (Lipinski definition) is 6. The Bertz CT molecular complexity index is 889. The lowest BCUT2D eigenvalue weighted by Gasteiger charge is -2.39. The predicted octanol–water partition coefficient (Wildman–Crippen LogP) is 4.83. The summed E-state index contributed by atoms with van der Waals surface area (Å²) >= 11 is 0. The van der Waals surface area contributed by atoms with E-state index in [4.69, 9.17) is 14.2 Å². The second-order valence-corrected chi connectivity index (χ2v) is 11.8. The number of ketones is 1. The topological polar surface area (TPSA) is 97.4 Å². The summed E-state index contributed by atoms with van der Waals surface area (Å²) in [6.07, 6.45) is 14.0. The molecule has 0 radical (unpaired) electrons. The molecule has 0 unspecified atom stereocenters. The lowest BCUT2D eigenvalue weighted by atomic mass is 9.81. The highest BCUT2D eigenvalue weighted by molar-refractivity contribution is 5.87. The molecule has 3 aliphatic rings. The van der Waals surface area contributed by atoms with Crippen LogP contribution in [0.3, 0.4) is 0 Å². The van der Waals surface area contributed by atoms with Gasteiger partial charge in [-0.1, -0.05) is 57.1 Å². The van der Waals surface area contributed by atoms with E-state index >= 15 is 0 Å². The number of allylic oxidation sites excluding steroid dienone is 2. The van der Waals surface area contributed by atoms with Crippen LogP contribution in [0, 0.1) is 11.8 Å². The molecule has 214 valence electrons. The van der Waals surface area contributed by atoms with Crippen molar-refractivity contribution in [2.75, 3.05) is 6.61 Å². The molecule has 7 heteroatoms. The van der Waals surface area contributed by atoms with Crippen LogP contribution in [0.5, 0.6) is 0 Å². The number of epoxide rings is 1. The lowest BCUT2D eigenvalue weighted by molar-refractivity contribution is -0.129. The van der Waals surface area contributed by atoms with E-state index in [0.717, 1.165) is 44.3 Å². The number of ether oxygens (including phenoxy) is 3. The maximum Gasteiger partial charge on any atom is 0.244 e. The molecule has 1 spiro atoms. The summed E-state index contributed by atoms with van der Waals surface area (Å²) in [6, 6.07) is -0.0546. The molecular weight excluding hydrogens is 482 g/mol. The van der Waals surface area contributed by atoms with Gasteiger partial charge in [0.2, 0.25) is 5.91 Å². The van der Waals surface area contributed by atoms with E-state index in [9.17, 15) is 14.7 Å². The molecule has 9 atom stereocenters. The van der Waals surface area contributed by atoms with Crippen LogP contribution in [-0.2, 0) is 23.8 Å². The molecule has 3 fully saturated rings. The van der Waals surface area contributed by atoms with Crippen molar-refractivity contribution in [3.05, 3.63) is 36.0 Å². The van der Waals surface area contributed by atoms with Crippen molar-refractivity contribution in [3.8, 4) is 0 Å². The number of nitrogens with one attached hydrogen (secondary N) is 1. The van der Waals surface area contributed by atoms with Crippen LogP contribution in [0.15, 0.2) is 36.0 Å². The molecule has 38 heavy (non-hydrogen) atoms. The van der Waals surface area contributed by atoms with Crippen molar-refractivity contribution in [2.24, 2.45) is 11.8 Å². The van der Waals surface area contributed by atoms with Gasteiger partial charge in [-0.05, 0) is 46.0 Å². The summed E-state index contributed by atoms with van der Waals surface area (Å²) in [6.45, 7) is 12.9. The van der Waals surface area contributed by atoms with Gasteiger partial charge in [-0.2, -0.15) is 0 Å². The van der Waals surface area contributed by atoms with E-state index in [0.29, 0.717) is 18.8 Å². The third-order valence-electron chi connectivity index (χ3n) is 8.32. The standard InChI is InChI=1S/C31H49NO6/c1-7-8-9-25(34)17-26-18-31(19-36-31)23(5)29(38-26)14-11-20(2)10-13-28-21(3)16-27(24(6)37-28)32-30(35)15-12-22(4)33/h10-12,14-15,21-24,26-29,33H,7-9,13,16-19H2,1-6H3,(H,32,35)/b14-11+,15-12-,20-10+/t21-,22-,23+,24+,26+,27+,28-,29+,31+/m0/s1. The molecular formula is C31H49NO6. The number of unbranched alkanes of at least 4 members (excludes halogenated alkanes) is 1. The van der Waals surface area contributed by atoms with E-state index in [1.165, 1.54) is 12.2 Å². The van der Waals surface area contributed by atoms with Gasteiger partial charge in [-0.15, -0.1) is 0 Å². The molecule has 0 aromatic carbocycles. The molecule has 1 amide bonds. The zero-order valence-electron chi connectivity index (χ0n) is 24.2. The summed E-state index contributed by atoms with van der Waals surface area (Å²) in [5, 5.41) is 12.3. The Labute approximate surface area is 229 Å². The van der Waals surface area contributed by atoms with E-state index in [1.807, 2.05) is 6.92 Å². The van der Waals surface area contributed by atoms with Crippen molar-refractivity contribution < 1.29 is 28.9 Å². The van der Waals surface area contributed by atoms with E-state index in [1.54, 1.807) is 6.92 Å². The van der Waals surface area contributed by atoms with Crippen LogP contribution in [0.4, 0.5) is 0 Å². The number of hydrogen-bond donors (Lipinski definition) is 2. The van der Waals surface area contributed by atoms with Crippen LogP contribution >= 0.6 is 0 Å². The molecule has 7 nitrogen and oxygen atoms in total. The van der Waals surface area contributed by atoms with Gasteiger partial charge in [0, 0.05) is 31.3 Å². The van der Waals surface area contributed by atoms with Gasteiger partial charge in [0.15, 0.2) is 0 Å². The Balaban J connectivity index is 1.52. The predicted molar refractivity (Wildman–Crippen MR) is 149 cm³/mol. The quantitative estimate of drug-likeness (QED) is 0.213. The average Bonchev–Trinajstić information content (AvgIpc) is 3.63. The molecule has 3 rings (SSSR count). The highest BCUT2D eigenvalue weighted by atomic mass is 16.6. The van der Waals surface area contributed by atoms with Crippen LogP contribution < -0.4 is 5.32 Å². The monoisotopic (exact) mass is 531 g/mol. The number of aliphatic hydroxyl groups is 1. The van der Waals surface area contributed by atoms with Crippen LogP contribution in [0.1, 0.15) is 86.5 Å². The molecule has 0 aliphatic carbocycles. The van der Waals surface area contributed by atoms with E-state index in [-0.39, 0.29) is 53.7 Å². The van der Waals surface area contributed by atoms with E-state index < -0.39 is 6.10 Å². The first-order chi connectivity index (χ1) is 18.0. The smallest absolute Gasteiger partial charge is 0.244 e. The number of rotatable bonds is 12. The highest BCUT2D eigenvalue weighted by Gasteiger charge is 2.56. The Morgan fingerprint density at radius 3 is 2.58 bits per heavy atom. The van der Waals surface area contributed by atoms with Crippen molar-refractivity contribution in [2.45, 2.75) is 129 Å². The summed E-state index contributed by atoms with van der Waals surface area (Å²) in [5.41, 5.74) is 1.01. The zero-order valence-corrected chi connectivity index (χ0v) is 24.2. The van der Waals surface area contributed by atoms with Gasteiger partial charge in [-0.25, -0.2) is 0 Å². The van der Waals surface area contributed by atoms with E-state index in [2.05, 4.69) is 51.2 Å². The molecule has 3 heterocycles. The van der Waals surface area contributed by atoms with Gasteiger partial charge >= 0.3 is 0 Å². The third-order valence-corrected chi connectivity index (χ3v) is 8.32. The largest absolute Gasteiger partial charge is 0.389 e. The summed E-state index contributed by atoms with van der Waals surface area (Å²) < 4.78 is 18.6. The molecule has 3 aliphatic heterocycles. The Kier molecular flexibility index (Phi) is 11.3. The number of amides is 1. The molecule has 2 N–H and O–H groups in total. The van der Waals surface area contributed by atoms with Crippen molar-refractivity contribution in [1.29, 1.82) is 0 Å². The maximum atomic E-state index is 12.4. The third kappa shape index (κ3) is 8.87. The van der Waals surface area contributed by atoms with Crippen molar-refractivity contribution in [3.63, 3.8) is 0 Å². The SMILES string of the molecule is CCCCC(=O)C[C@@H]1C[C@@]2(CO2)[C@H](C)[C@@H](/C=C/C(C)=C/C[C@@H]2O[C@H](C)[C@H](NC(=O)/C=C\[C@H](C)O)C[C@@H]2C)O1. The normalized spacial score (nSPS) is 36.6. The second-order valence-electron chi connectivity index (χ2n) is 11.8. The van der Waals surface area contributed by atoms with Gasteiger partial charge in [0.25, 0.3) is 0 Å². The Morgan fingerprint density at radius 1 is 1.18 bits per heavy atom. The number of carbonyl (C=O) groups is 2. The minimum absolute atomic E-state index is 0.0546. The summed E-state index contributed by atoms with van der Waals surface area (Å²) in [5.74, 6) is 0.626. The number of Topliss-reactive ketones (excluding diaryl/α,β-unsaturated/α-hetero) is 1. The molecule has 0 aromatic rings. The molecule has 0 saturated carbocycles. The van der Waals surface area contributed by atoms with Gasteiger partial charge in [-0.3, -0.25) is 9.59 Å². The molecule has 0 bridgehead atoms. The van der Waals surface area contributed by atoms with Crippen molar-refractivity contribution in [1.82, 2.24) is 5.32 Å². The fourth-order valence-corrected chi connectivity index (χ4v) is 5.58. The maximum absolute atomic E-state index is 12.4. The minimum atomic E-state index is -0.648. The van der Waals surface area contributed by atoms with Gasteiger partial charge in [0.05, 0.1) is 48.8 Å². The first-order valence-corrected chi connectivity index (χ1v) is 14.5. The fourth-order valence-electron chi connectivity index (χ4n) is 5.58. The summed E-state index contributed by atoms with van der Waals surface area (Å²) in [4.78, 5) is 24.5.